The molecule has 0 saturated heterocycles. The highest BCUT2D eigenvalue weighted by Crippen LogP contribution is 2.40. The summed E-state index contributed by atoms with van der Waals surface area (Å²) in [6.45, 7) is 9.28. The van der Waals surface area contributed by atoms with Crippen molar-refractivity contribution in [2.45, 2.75) is 40.2 Å². The zero-order chi connectivity index (χ0) is 22.2. The third-order valence-electron chi connectivity index (χ3n) is 6.52. The van der Waals surface area contributed by atoms with Crippen LogP contribution in [-0.4, -0.2) is 36.8 Å². The number of carbonyl (C=O) groups excluding carboxylic acids is 1. The molecule has 5 nitrogen and oxygen atoms in total. The summed E-state index contributed by atoms with van der Waals surface area (Å²) < 4.78 is 11.7. The Bertz CT molecular complexity index is 1040. The van der Waals surface area contributed by atoms with E-state index in [1.807, 2.05) is 36.7 Å². The van der Waals surface area contributed by atoms with Gasteiger partial charge in [-0.1, -0.05) is 58.0 Å². The first kappa shape index (κ1) is 21.2. The highest BCUT2D eigenvalue weighted by atomic mass is 16.5. The smallest absolute Gasteiger partial charge is 0.260 e. The van der Waals surface area contributed by atoms with Gasteiger partial charge in [0, 0.05) is 30.3 Å². The Labute approximate surface area is 184 Å². The zero-order valence-corrected chi connectivity index (χ0v) is 18.9. The predicted molar refractivity (Wildman–Crippen MR) is 124 cm³/mol. The molecular weight excluding hydrogens is 388 g/mol. The first-order valence-electron chi connectivity index (χ1n) is 10.8. The Kier molecular flexibility index (Phi) is 5.61. The third kappa shape index (κ3) is 4.09. The molecule has 2 aromatic carbocycles. The number of nitrogens with zero attached hydrogens (tertiary/aromatic N) is 2. The van der Waals surface area contributed by atoms with Crippen molar-refractivity contribution < 1.29 is 14.3 Å². The number of ether oxygens (including phenoxy) is 2. The topological polar surface area (TPSA) is 51.1 Å². The van der Waals surface area contributed by atoms with Crippen molar-refractivity contribution >= 4 is 23.4 Å². The van der Waals surface area contributed by atoms with Crippen LogP contribution in [0.5, 0.6) is 11.5 Å². The molecule has 5 heteroatoms. The molecule has 1 unspecified atom stereocenters. The summed E-state index contributed by atoms with van der Waals surface area (Å²) in [6.07, 6.45) is 4.56. The molecule has 2 aliphatic heterocycles. The number of aliphatic imine (C=N–C) groups is 1. The molecule has 4 rings (SSSR count). The molecule has 0 spiro atoms. The Morgan fingerprint density at radius 2 is 1.90 bits per heavy atom. The molecule has 1 atom stereocenters. The molecule has 0 radical (unpaired) electrons. The number of hydrogen-bond acceptors (Lipinski definition) is 4. The lowest BCUT2D eigenvalue weighted by atomic mass is 9.82. The van der Waals surface area contributed by atoms with Gasteiger partial charge in [-0.15, -0.1) is 0 Å². The number of methoxy groups -OCH3 is 1. The quantitative estimate of drug-likeness (QED) is 0.602. The van der Waals surface area contributed by atoms with Gasteiger partial charge in [0.05, 0.1) is 31.0 Å². The van der Waals surface area contributed by atoms with E-state index in [1.54, 1.807) is 18.1 Å². The van der Waals surface area contributed by atoms with Crippen molar-refractivity contribution in [3.8, 4) is 11.5 Å². The SMILES string of the molecule is COc1cc2c(cc1OCC(C)(C)C(C)C)N=CC1CC(c3ccccc3)=CN1C2=O. The molecule has 2 heterocycles. The molecule has 2 aliphatic rings. The lowest BCUT2D eigenvalue weighted by molar-refractivity contribution is 0.0817. The number of carbonyl (C=O) groups is 1. The molecule has 31 heavy (non-hydrogen) atoms. The summed E-state index contributed by atoms with van der Waals surface area (Å²) in [6, 6.07) is 13.6. The maximum atomic E-state index is 13.4. The molecule has 0 bridgehead atoms. The number of hydrogen-bond donors (Lipinski definition) is 0. The summed E-state index contributed by atoms with van der Waals surface area (Å²) in [5.41, 5.74) is 3.42. The number of rotatable bonds is 6. The standard InChI is InChI=1S/C26H30N2O3/c1-17(2)26(3,4)16-31-24-13-22-21(12-23(24)30-5)25(29)28-15-19(11-20(28)14-27-22)18-9-7-6-8-10-18/h6-10,12-15,17,20H,11,16H2,1-5H3. The van der Waals surface area contributed by atoms with Gasteiger partial charge in [-0.05, 0) is 23.1 Å². The van der Waals surface area contributed by atoms with Crippen LogP contribution in [-0.2, 0) is 0 Å². The number of amides is 1. The fourth-order valence-corrected chi connectivity index (χ4v) is 3.65. The molecule has 2 aromatic rings. The van der Waals surface area contributed by atoms with Gasteiger partial charge in [-0.2, -0.15) is 0 Å². The van der Waals surface area contributed by atoms with Crippen molar-refractivity contribution in [2.75, 3.05) is 13.7 Å². The first-order valence-corrected chi connectivity index (χ1v) is 10.8. The highest BCUT2D eigenvalue weighted by molar-refractivity contribution is 6.05. The molecule has 162 valence electrons. The van der Waals surface area contributed by atoms with Gasteiger partial charge < -0.3 is 14.4 Å². The van der Waals surface area contributed by atoms with E-state index in [9.17, 15) is 4.79 Å². The van der Waals surface area contributed by atoms with Gasteiger partial charge in [0.25, 0.3) is 5.91 Å². The largest absolute Gasteiger partial charge is 0.493 e. The van der Waals surface area contributed by atoms with Crippen LogP contribution in [0.3, 0.4) is 0 Å². The Morgan fingerprint density at radius 1 is 1.16 bits per heavy atom. The average Bonchev–Trinajstić information content (AvgIpc) is 3.15. The monoisotopic (exact) mass is 418 g/mol. The normalized spacial score (nSPS) is 17.9. The lowest BCUT2D eigenvalue weighted by Gasteiger charge is -2.29. The molecule has 0 saturated carbocycles. The van der Waals surface area contributed by atoms with Crippen molar-refractivity contribution in [1.82, 2.24) is 4.90 Å². The molecule has 0 fully saturated rings. The summed E-state index contributed by atoms with van der Waals surface area (Å²) in [7, 11) is 1.60. The number of benzene rings is 2. The van der Waals surface area contributed by atoms with Crippen molar-refractivity contribution in [1.29, 1.82) is 0 Å². The Balaban J connectivity index is 1.64. The fourth-order valence-electron chi connectivity index (χ4n) is 3.65. The second-order valence-electron chi connectivity index (χ2n) is 9.23. The van der Waals surface area contributed by atoms with E-state index in [0.717, 1.165) is 17.6 Å². The Morgan fingerprint density at radius 3 is 2.58 bits per heavy atom. The van der Waals surface area contributed by atoms with Crippen LogP contribution >= 0.6 is 0 Å². The van der Waals surface area contributed by atoms with E-state index in [4.69, 9.17) is 9.47 Å². The van der Waals surface area contributed by atoms with E-state index in [0.29, 0.717) is 35.3 Å². The molecule has 0 aromatic heterocycles. The van der Waals surface area contributed by atoms with Crippen LogP contribution in [0, 0.1) is 11.3 Å². The average molecular weight is 419 g/mol. The van der Waals surface area contributed by atoms with E-state index < -0.39 is 0 Å². The molecule has 1 amide bonds. The van der Waals surface area contributed by atoms with Gasteiger partial charge in [-0.25, -0.2) is 0 Å². The first-order chi connectivity index (χ1) is 14.8. The van der Waals surface area contributed by atoms with Crippen LogP contribution in [0.4, 0.5) is 5.69 Å². The molecule has 0 N–H and O–H groups in total. The molecule has 0 aliphatic carbocycles. The van der Waals surface area contributed by atoms with Gasteiger partial charge in [0.2, 0.25) is 0 Å². The minimum absolute atomic E-state index is 0.0122. The van der Waals surface area contributed by atoms with Gasteiger partial charge in [-0.3, -0.25) is 9.79 Å². The van der Waals surface area contributed by atoms with Crippen molar-refractivity contribution in [3.63, 3.8) is 0 Å². The third-order valence-corrected chi connectivity index (χ3v) is 6.52. The van der Waals surface area contributed by atoms with E-state index in [-0.39, 0.29) is 17.4 Å². The fraction of sp³-hybridized carbons (Fsp3) is 0.385. The number of fused-ring (bicyclic) bond motifs is 2. The highest BCUT2D eigenvalue weighted by Gasteiger charge is 2.33. The van der Waals surface area contributed by atoms with E-state index >= 15 is 0 Å². The van der Waals surface area contributed by atoms with Crippen molar-refractivity contribution in [2.24, 2.45) is 16.3 Å². The lowest BCUT2D eigenvalue weighted by Crippen LogP contribution is -2.32. The minimum atomic E-state index is -0.0923. The summed E-state index contributed by atoms with van der Waals surface area (Å²) >= 11 is 0. The van der Waals surface area contributed by atoms with Gasteiger partial charge >= 0.3 is 0 Å². The molecular formula is C26H30N2O3. The van der Waals surface area contributed by atoms with Crippen molar-refractivity contribution in [3.05, 3.63) is 59.8 Å². The van der Waals surface area contributed by atoms with Crippen LogP contribution in [0.15, 0.2) is 53.7 Å². The second-order valence-corrected chi connectivity index (χ2v) is 9.23. The second kappa shape index (κ2) is 8.22. The van der Waals surface area contributed by atoms with Crippen LogP contribution < -0.4 is 9.47 Å². The maximum Gasteiger partial charge on any atom is 0.260 e. The van der Waals surface area contributed by atoms with Crippen LogP contribution in [0.2, 0.25) is 0 Å². The van der Waals surface area contributed by atoms with Gasteiger partial charge in [0.1, 0.15) is 0 Å². The summed E-state index contributed by atoms with van der Waals surface area (Å²) in [4.78, 5) is 19.8. The minimum Gasteiger partial charge on any atom is -0.493 e. The zero-order valence-electron chi connectivity index (χ0n) is 18.9. The summed E-state index contributed by atoms with van der Waals surface area (Å²) in [5, 5.41) is 0. The summed E-state index contributed by atoms with van der Waals surface area (Å²) in [5.74, 6) is 1.56. The Hall–Kier alpha value is -3.08. The maximum absolute atomic E-state index is 13.4. The van der Waals surface area contributed by atoms with E-state index in [2.05, 4.69) is 44.8 Å². The van der Waals surface area contributed by atoms with Crippen LogP contribution in [0.1, 0.15) is 50.0 Å². The van der Waals surface area contributed by atoms with Crippen LogP contribution in [0.25, 0.3) is 5.57 Å². The van der Waals surface area contributed by atoms with E-state index in [1.165, 1.54) is 0 Å². The van der Waals surface area contributed by atoms with Gasteiger partial charge in [0.15, 0.2) is 11.5 Å². The predicted octanol–water partition coefficient (Wildman–Crippen LogP) is 5.73.